The van der Waals surface area contributed by atoms with Gasteiger partial charge in [-0.1, -0.05) is 46.5 Å². The zero-order valence-electron chi connectivity index (χ0n) is 18.8. The predicted octanol–water partition coefficient (Wildman–Crippen LogP) is 3.65. The molecule has 0 bridgehead atoms. The summed E-state index contributed by atoms with van der Waals surface area (Å²) in [5.41, 5.74) is 5.79. The molecule has 0 spiro atoms. The van der Waals surface area contributed by atoms with Gasteiger partial charge in [-0.3, -0.25) is 0 Å². The van der Waals surface area contributed by atoms with Gasteiger partial charge in [-0.15, -0.1) is 0 Å². The number of sulfonamides is 2. The van der Waals surface area contributed by atoms with Crippen LogP contribution < -0.4 is 0 Å². The third-order valence-corrected chi connectivity index (χ3v) is 9.82. The van der Waals surface area contributed by atoms with E-state index in [1.165, 1.54) is 8.61 Å². The van der Waals surface area contributed by atoms with Crippen LogP contribution in [-0.2, 0) is 20.0 Å². The third kappa shape index (κ3) is 4.08. The molecule has 0 aromatic heterocycles. The summed E-state index contributed by atoms with van der Waals surface area (Å²) in [7, 11) is -7.24. The first-order valence-electron chi connectivity index (χ1n) is 10.5. The maximum absolute atomic E-state index is 13.1. The van der Waals surface area contributed by atoms with Crippen molar-refractivity contribution in [3.63, 3.8) is 0 Å². The Bertz CT molecular complexity index is 1220. The molecule has 2 aromatic rings. The summed E-state index contributed by atoms with van der Waals surface area (Å²) in [4.78, 5) is 0.552. The summed E-state index contributed by atoms with van der Waals surface area (Å²) in [6, 6.07) is 13.7. The first-order chi connectivity index (χ1) is 15.0. The third-order valence-electron chi connectivity index (χ3n) is 6.21. The SMILES string of the molecule is CC1=C(C2=C(C)CN(S(=O)(=O)c3ccc(C)cc3)C2)CN(S(=O)(=O)c2ccc(C)cc2)C1. The van der Waals surface area contributed by atoms with Crippen LogP contribution in [-0.4, -0.2) is 51.6 Å². The summed E-state index contributed by atoms with van der Waals surface area (Å²) >= 11 is 0. The van der Waals surface area contributed by atoms with Gasteiger partial charge < -0.3 is 0 Å². The van der Waals surface area contributed by atoms with Crippen molar-refractivity contribution >= 4 is 20.0 Å². The first kappa shape index (κ1) is 22.9. The highest BCUT2D eigenvalue weighted by Gasteiger charge is 2.37. The summed E-state index contributed by atoms with van der Waals surface area (Å²) in [6.45, 7) is 8.83. The Hall–Kier alpha value is -2.26. The fourth-order valence-corrected chi connectivity index (χ4v) is 7.10. The van der Waals surface area contributed by atoms with Gasteiger partial charge in [0.25, 0.3) is 0 Å². The minimum absolute atomic E-state index is 0.257. The van der Waals surface area contributed by atoms with Gasteiger partial charge in [0.15, 0.2) is 0 Å². The highest BCUT2D eigenvalue weighted by Crippen LogP contribution is 2.35. The Balaban J connectivity index is 1.55. The Morgan fingerprint density at radius 3 is 1.16 bits per heavy atom. The molecule has 0 radical (unpaired) electrons. The maximum atomic E-state index is 13.1. The van der Waals surface area contributed by atoms with Crippen LogP contribution in [0.1, 0.15) is 25.0 Å². The second kappa shape index (κ2) is 8.26. The lowest BCUT2D eigenvalue weighted by molar-refractivity contribution is 0.475. The fourth-order valence-electron chi connectivity index (χ4n) is 4.22. The van der Waals surface area contributed by atoms with Crippen molar-refractivity contribution in [2.75, 3.05) is 26.2 Å². The number of rotatable bonds is 5. The Kier molecular flexibility index (Phi) is 5.92. The second-order valence-corrected chi connectivity index (χ2v) is 12.6. The van der Waals surface area contributed by atoms with Crippen molar-refractivity contribution in [3.8, 4) is 0 Å². The zero-order chi connectivity index (χ0) is 23.3. The first-order valence-corrected chi connectivity index (χ1v) is 13.4. The summed E-state index contributed by atoms with van der Waals surface area (Å²) < 4.78 is 55.5. The van der Waals surface area contributed by atoms with E-state index in [2.05, 4.69) is 0 Å². The second-order valence-electron chi connectivity index (χ2n) is 8.69. The van der Waals surface area contributed by atoms with Crippen LogP contribution >= 0.6 is 0 Å². The molecule has 0 aliphatic carbocycles. The average Bonchev–Trinajstić information content (AvgIpc) is 3.32. The number of hydrogen-bond acceptors (Lipinski definition) is 4. The average molecular weight is 473 g/mol. The fraction of sp³-hybridized carbons (Fsp3) is 0.333. The van der Waals surface area contributed by atoms with Gasteiger partial charge in [-0.05, 0) is 63.1 Å². The minimum atomic E-state index is -3.62. The largest absolute Gasteiger partial charge is 0.243 e. The normalized spacial score (nSPS) is 18.8. The van der Waals surface area contributed by atoms with Gasteiger partial charge in [0.1, 0.15) is 0 Å². The molecule has 0 amide bonds. The Morgan fingerprint density at radius 2 is 0.844 bits per heavy atom. The lowest BCUT2D eigenvalue weighted by atomic mass is 10.0. The number of benzene rings is 2. The van der Waals surface area contributed by atoms with E-state index < -0.39 is 20.0 Å². The molecule has 0 fully saturated rings. The topological polar surface area (TPSA) is 74.8 Å². The van der Waals surface area contributed by atoms with Crippen molar-refractivity contribution in [2.45, 2.75) is 37.5 Å². The lowest BCUT2D eigenvalue weighted by Gasteiger charge is -2.18. The van der Waals surface area contributed by atoms with Crippen molar-refractivity contribution in [1.82, 2.24) is 8.61 Å². The van der Waals surface area contributed by atoms with Crippen molar-refractivity contribution in [3.05, 3.63) is 82.0 Å². The molecule has 2 aromatic carbocycles. The molecule has 2 heterocycles. The van der Waals surface area contributed by atoms with Crippen LogP contribution in [0.3, 0.4) is 0 Å². The smallest absolute Gasteiger partial charge is 0.207 e. The van der Waals surface area contributed by atoms with Crippen molar-refractivity contribution in [1.29, 1.82) is 0 Å². The van der Waals surface area contributed by atoms with Crippen LogP contribution in [0.2, 0.25) is 0 Å². The van der Waals surface area contributed by atoms with E-state index in [-0.39, 0.29) is 22.9 Å². The van der Waals surface area contributed by atoms with Crippen LogP contribution in [0.15, 0.2) is 80.6 Å². The van der Waals surface area contributed by atoms with E-state index in [9.17, 15) is 16.8 Å². The molecule has 0 saturated heterocycles. The molecule has 2 aliphatic heterocycles. The molecular formula is C24H28N2O4S2. The van der Waals surface area contributed by atoms with Gasteiger partial charge in [0, 0.05) is 26.2 Å². The maximum Gasteiger partial charge on any atom is 0.243 e. The van der Waals surface area contributed by atoms with Crippen molar-refractivity contribution < 1.29 is 16.8 Å². The molecule has 170 valence electrons. The molecule has 6 nitrogen and oxygen atoms in total. The summed E-state index contributed by atoms with van der Waals surface area (Å²) in [5.74, 6) is 0. The molecule has 2 aliphatic rings. The Labute approximate surface area is 191 Å². The summed E-state index contributed by atoms with van der Waals surface area (Å²) in [6.07, 6.45) is 0. The Morgan fingerprint density at radius 1 is 0.531 bits per heavy atom. The molecule has 0 unspecified atom stereocenters. The molecule has 0 atom stereocenters. The van der Waals surface area contributed by atoms with E-state index in [1.807, 2.05) is 27.7 Å². The van der Waals surface area contributed by atoms with E-state index >= 15 is 0 Å². The van der Waals surface area contributed by atoms with Gasteiger partial charge in [0.05, 0.1) is 9.79 Å². The van der Waals surface area contributed by atoms with Gasteiger partial charge >= 0.3 is 0 Å². The van der Waals surface area contributed by atoms with Crippen LogP contribution in [0.4, 0.5) is 0 Å². The number of aryl methyl sites for hydroxylation is 2. The molecule has 0 N–H and O–H groups in total. The zero-order valence-corrected chi connectivity index (χ0v) is 20.4. The minimum Gasteiger partial charge on any atom is -0.207 e. The molecule has 0 saturated carbocycles. The van der Waals surface area contributed by atoms with E-state index in [0.717, 1.165) is 33.4 Å². The van der Waals surface area contributed by atoms with E-state index in [1.54, 1.807) is 48.5 Å². The molecule has 8 heteroatoms. The van der Waals surface area contributed by atoms with Gasteiger partial charge in [-0.2, -0.15) is 8.61 Å². The molecule has 32 heavy (non-hydrogen) atoms. The van der Waals surface area contributed by atoms with E-state index in [4.69, 9.17) is 0 Å². The van der Waals surface area contributed by atoms with Crippen LogP contribution in [0.25, 0.3) is 0 Å². The van der Waals surface area contributed by atoms with Crippen molar-refractivity contribution in [2.24, 2.45) is 0 Å². The monoisotopic (exact) mass is 472 g/mol. The molecule has 4 rings (SSSR count). The summed E-state index contributed by atoms with van der Waals surface area (Å²) in [5, 5.41) is 0. The van der Waals surface area contributed by atoms with Crippen LogP contribution in [0.5, 0.6) is 0 Å². The lowest BCUT2D eigenvalue weighted by Crippen LogP contribution is -2.31. The number of nitrogens with zero attached hydrogens (tertiary/aromatic N) is 2. The number of hydrogen-bond donors (Lipinski definition) is 0. The van der Waals surface area contributed by atoms with E-state index in [0.29, 0.717) is 13.1 Å². The highest BCUT2D eigenvalue weighted by atomic mass is 32.2. The van der Waals surface area contributed by atoms with Gasteiger partial charge in [-0.25, -0.2) is 16.8 Å². The molecular weight excluding hydrogens is 444 g/mol. The standard InChI is InChI=1S/C24H28N2O4S2/c1-17-5-9-21(10-6-17)31(27,28)25-13-19(3)23(15-25)24-16-26(14-20(24)4)32(29,30)22-11-7-18(2)8-12-22/h5-12H,13-16H2,1-4H3. The highest BCUT2D eigenvalue weighted by molar-refractivity contribution is 7.89. The predicted molar refractivity (Wildman–Crippen MR) is 125 cm³/mol. The quantitative estimate of drug-likeness (QED) is 0.666. The van der Waals surface area contributed by atoms with Crippen LogP contribution in [0, 0.1) is 13.8 Å². The van der Waals surface area contributed by atoms with Gasteiger partial charge in [0.2, 0.25) is 20.0 Å².